The van der Waals surface area contributed by atoms with E-state index in [2.05, 4.69) is 70.5 Å². The molecule has 2 saturated heterocycles. The maximum absolute atomic E-state index is 7.60. The van der Waals surface area contributed by atoms with Gasteiger partial charge in [0.1, 0.15) is 0 Å². The monoisotopic (exact) mass is 488 g/mol. The summed E-state index contributed by atoms with van der Waals surface area (Å²) in [7, 11) is 0. The van der Waals surface area contributed by atoms with Gasteiger partial charge in [-0.05, 0) is 47.5 Å². The summed E-state index contributed by atoms with van der Waals surface area (Å²) in [6.07, 6.45) is 0. The van der Waals surface area contributed by atoms with Gasteiger partial charge in [-0.1, -0.05) is 24.3 Å². The average molecular weight is 489 g/mol. The summed E-state index contributed by atoms with van der Waals surface area (Å²) in [5.74, 6) is 0.325. The predicted molar refractivity (Wildman–Crippen MR) is 147 cm³/mol. The quantitative estimate of drug-likeness (QED) is 0.332. The number of nitrogens with one attached hydrogen (secondary N) is 2. The molecule has 35 heavy (non-hydrogen) atoms. The van der Waals surface area contributed by atoms with E-state index in [1.54, 1.807) is 0 Å². The number of rotatable bonds is 4. The highest BCUT2D eigenvalue weighted by Crippen LogP contribution is 2.36. The smallest absolute Gasteiger partial charge is 0.188 e. The molecule has 2 aliphatic rings. The van der Waals surface area contributed by atoms with E-state index in [0.717, 1.165) is 52.4 Å². The average Bonchev–Trinajstić information content (AvgIpc) is 3.39. The second-order valence-corrected chi connectivity index (χ2v) is 10.1. The van der Waals surface area contributed by atoms with Gasteiger partial charge in [0.05, 0.1) is 0 Å². The normalized spacial score (nSPS) is 16.5. The summed E-state index contributed by atoms with van der Waals surface area (Å²) < 4.78 is 0. The van der Waals surface area contributed by atoms with Gasteiger partial charge in [0.15, 0.2) is 11.9 Å². The first-order valence-corrected chi connectivity index (χ1v) is 12.8. The van der Waals surface area contributed by atoms with Crippen molar-refractivity contribution in [2.24, 2.45) is 11.5 Å². The maximum Gasteiger partial charge on any atom is 0.188 e. The van der Waals surface area contributed by atoms with Gasteiger partial charge in [0.25, 0.3) is 0 Å². The molecule has 0 atom stereocenters. The van der Waals surface area contributed by atoms with Crippen molar-refractivity contribution < 1.29 is 0 Å². The number of hydrogen-bond donors (Lipinski definition) is 4. The molecular weight excluding hydrogens is 456 g/mol. The van der Waals surface area contributed by atoms with Crippen LogP contribution in [0.15, 0.2) is 60.7 Å². The molecule has 3 heterocycles. The molecule has 0 unspecified atom stereocenters. The van der Waals surface area contributed by atoms with Crippen molar-refractivity contribution >= 4 is 34.6 Å². The molecule has 0 bridgehead atoms. The van der Waals surface area contributed by atoms with Gasteiger partial charge < -0.3 is 31.1 Å². The molecule has 1 aromatic heterocycles. The molecule has 0 saturated carbocycles. The van der Waals surface area contributed by atoms with Gasteiger partial charge in [-0.3, -0.25) is 10.8 Å². The van der Waals surface area contributed by atoms with Crippen molar-refractivity contribution in [3.63, 3.8) is 0 Å². The summed E-state index contributed by atoms with van der Waals surface area (Å²) in [5.41, 5.74) is 16.1. The highest BCUT2D eigenvalue weighted by Gasteiger charge is 2.19. The number of piperazine rings is 2. The number of guanidine groups is 2. The Bertz CT molecular complexity index is 1080. The Morgan fingerprint density at radius 2 is 0.886 bits per heavy atom. The Balaban J connectivity index is 1.22. The van der Waals surface area contributed by atoms with Crippen LogP contribution in [0.3, 0.4) is 0 Å². The molecule has 0 aliphatic carbocycles. The molecule has 5 rings (SSSR count). The summed E-state index contributed by atoms with van der Waals surface area (Å²) >= 11 is 1.81. The first-order valence-electron chi connectivity index (χ1n) is 12.0. The van der Waals surface area contributed by atoms with Crippen LogP contribution in [-0.2, 0) is 0 Å². The van der Waals surface area contributed by atoms with Gasteiger partial charge in [-0.25, -0.2) is 0 Å². The van der Waals surface area contributed by atoms with E-state index in [9.17, 15) is 0 Å². The fourth-order valence-corrected chi connectivity index (χ4v) is 5.75. The highest BCUT2D eigenvalue weighted by molar-refractivity contribution is 7.18. The van der Waals surface area contributed by atoms with E-state index in [-0.39, 0.29) is 11.9 Å². The lowest BCUT2D eigenvalue weighted by molar-refractivity contribution is 0.380. The Morgan fingerprint density at radius 1 is 0.543 bits per heavy atom. The molecule has 0 spiro atoms. The predicted octanol–water partition coefficient (Wildman–Crippen LogP) is 3.11. The van der Waals surface area contributed by atoms with Gasteiger partial charge >= 0.3 is 0 Å². The fourth-order valence-electron chi connectivity index (χ4n) is 4.73. The van der Waals surface area contributed by atoms with Crippen molar-refractivity contribution in [2.75, 3.05) is 62.2 Å². The lowest BCUT2D eigenvalue weighted by Gasteiger charge is -2.36. The van der Waals surface area contributed by atoms with Crippen molar-refractivity contribution in [1.29, 1.82) is 10.8 Å². The van der Waals surface area contributed by atoms with Crippen molar-refractivity contribution in [1.82, 2.24) is 9.80 Å². The second-order valence-electron chi connectivity index (χ2n) is 8.98. The minimum Gasteiger partial charge on any atom is -0.370 e. The van der Waals surface area contributed by atoms with Crippen LogP contribution in [0.1, 0.15) is 0 Å². The van der Waals surface area contributed by atoms with Crippen LogP contribution < -0.4 is 21.3 Å². The minimum absolute atomic E-state index is 0.163. The first-order chi connectivity index (χ1) is 17.0. The van der Waals surface area contributed by atoms with E-state index in [1.807, 2.05) is 21.1 Å². The Morgan fingerprint density at radius 3 is 1.20 bits per heavy atom. The number of benzene rings is 2. The SMILES string of the molecule is N=C(N)N1CCN(c2ccc(-c3ccc(-c4ccc(N5CCN(C(=N)N)CC5)cc4)s3)cc2)CC1. The van der Waals surface area contributed by atoms with Crippen LogP contribution in [0.25, 0.3) is 20.9 Å². The number of hydrogen-bond acceptors (Lipinski definition) is 5. The highest BCUT2D eigenvalue weighted by atomic mass is 32.1. The third-order valence-electron chi connectivity index (χ3n) is 6.88. The van der Waals surface area contributed by atoms with Crippen LogP contribution >= 0.6 is 11.3 Å². The summed E-state index contributed by atoms with van der Waals surface area (Å²) in [6, 6.07) is 22.0. The van der Waals surface area contributed by atoms with Gasteiger partial charge in [0, 0.05) is 73.5 Å². The number of nitrogens with two attached hydrogens (primary N) is 2. The Kier molecular flexibility index (Phi) is 6.50. The van der Waals surface area contributed by atoms with Crippen LogP contribution in [0.5, 0.6) is 0 Å². The Hall–Kier alpha value is -3.72. The molecule has 9 heteroatoms. The lowest BCUT2D eigenvalue weighted by Crippen LogP contribution is -2.50. The van der Waals surface area contributed by atoms with E-state index < -0.39 is 0 Å². The molecule has 0 amide bonds. The van der Waals surface area contributed by atoms with E-state index >= 15 is 0 Å². The molecule has 8 nitrogen and oxygen atoms in total. The zero-order valence-corrected chi connectivity index (χ0v) is 20.6. The van der Waals surface area contributed by atoms with Gasteiger partial charge in [0.2, 0.25) is 0 Å². The van der Waals surface area contributed by atoms with Crippen molar-refractivity contribution in [3.8, 4) is 20.9 Å². The molecule has 6 N–H and O–H groups in total. The molecule has 2 aromatic carbocycles. The summed E-state index contributed by atoms with van der Waals surface area (Å²) in [5, 5.41) is 15.2. The van der Waals surface area contributed by atoms with E-state index in [0.29, 0.717) is 0 Å². The maximum atomic E-state index is 7.60. The molecule has 0 radical (unpaired) electrons. The Labute approximate surface area is 210 Å². The molecule has 2 fully saturated rings. The standard InChI is InChI=1S/C26H32N8S/c27-25(28)33-15-11-31(12-16-33)21-5-1-19(2-6-21)23-9-10-24(35-23)20-3-7-22(8-4-20)32-13-17-34(18-14-32)26(29)30/h1-10H,11-18H2,(H3,27,28)(H3,29,30). The topological polar surface area (TPSA) is 113 Å². The zero-order chi connectivity index (χ0) is 24.4. The van der Waals surface area contributed by atoms with Crippen LogP contribution in [-0.4, -0.2) is 74.1 Å². The molecule has 182 valence electrons. The van der Waals surface area contributed by atoms with Gasteiger partial charge in [-0.15, -0.1) is 11.3 Å². The van der Waals surface area contributed by atoms with Crippen LogP contribution in [0.2, 0.25) is 0 Å². The van der Waals surface area contributed by atoms with E-state index in [4.69, 9.17) is 22.3 Å². The third kappa shape index (κ3) is 5.05. The van der Waals surface area contributed by atoms with Crippen molar-refractivity contribution in [3.05, 3.63) is 60.7 Å². The number of thiophene rings is 1. The molecule has 2 aliphatic heterocycles. The summed E-state index contributed by atoms with van der Waals surface area (Å²) in [6.45, 7) is 6.68. The summed E-state index contributed by atoms with van der Waals surface area (Å²) in [4.78, 5) is 11.1. The van der Waals surface area contributed by atoms with E-state index in [1.165, 1.54) is 32.3 Å². The lowest BCUT2D eigenvalue weighted by atomic mass is 10.1. The molecule has 3 aromatic rings. The largest absolute Gasteiger partial charge is 0.370 e. The van der Waals surface area contributed by atoms with Crippen LogP contribution in [0.4, 0.5) is 11.4 Å². The van der Waals surface area contributed by atoms with Crippen LogP contribution in [0, 0.1) is 10.8 Å². The zero-order valence-electron chi connectivity index (χ0n) is 19.8. The van der Waals surface area contributed by atoms with Crippen molar-refractivity contribution in [2.45, 2.75) is 0 Å². The minimum atomic E-state index is 0.163. The fraction of sp³-hybridized carbons (Fsp3) is 0.308. The van der Waals surface area contributed by atoms with Gasteiger partial charge in [-0.2, -0.15) is 0 Å². The first kappa shape index (κ1) is 23.0. The third-order valence-corrected chi connectivity index (χ3v) is 8.06. The number of anilines is 2. The molecular formula is C26H32N8S. The second kappa shape index (κ2) is 9.87. The number of nitrogens with zero attached hydrogens (tertiary/aromatic N) is 4.